The van der Waals surface area contributed by atoms with E-state index < -0.39 is 5.60 Å². The highest BCUT2D eigenvalue weighted by Crippen LogP contribution is 2.33. The van der Waals surface area contributed by atoms with Crippen LogP contribution in [0.25, 0.3) is 0 Å². The first kappa shape index (κ1) is 15.1. The molecule has 6 nitrogen and oxygen atoms in total. The van der Waals surface area contributed by atoms with Gasteiger partial charge < -0.3 is 14.5 Å². The molecule has 2 fully saturated rings. The summed E-state index contributed by atoms with van der Waals surface area (Å²) in [5, 5.41) is 0. The molecule has 120 valence electrons. The van der Waals surface area contributed by atoms with Gasteiger partial charge in [0.25, 0.3) is 0 Å². The second kappa shape index (κ2) is 5.41. The van der Waals surface area contributed by atoms with Crippen LogP contribution in [0.1, 0.15) is 26.5 Å². The summed E-state index contributed by atoms with van der Waals surface area (Å²) in [6.07, 6.45) is 1.43. The van der Waals surface area contributed by atoms with Crippen molar-refractivity contribution in [2.45, 2.75) is 33.3 Å². The number of carbonyl (C=O) groups is 1. The number of amides is 1. The summed E-state index contributed by atoms with van der Waals surface area (Å²) in [6.45, 7) is 11.1. The molecule has 22 heavy (non-hydrogen) atoms. The highest BCUT2D eigenvalue weighted by atomic mass is 16.6. The van der Waals surface area contributed by atoms with Gasteiger partial charge in [0, 0.05) is 49.8 Å². The molecule has 0 bridgehead atoms. The zero-order valence-corrected chi connectivity index (χ0v) is 13.7. The monoisotopic (exact) mass is 304 g/mol. The Morgan fingerprint density at radius 2 is 1.82 bits per heavy atom. The Hall–Kier alpha value is -1.85. The number of aromatic nitrogens is 2. The van der Waals surface area contributed by atoms with Gasteiger partial charge in [-0.2, -0.15) is 0 Å². The maximum absolute atomic E-state index is 12.2. The molecule has 0 aromatic carbocycles. The molecular weight excluding hydrogens is 280 g/mol. The lowest BCUT2D eigenvalue weighted by atomic mass is 10.0. The normalized spacial score (nSPS) is 24.5. The van der Waals surface area contributed by atoms with Crippen LogP contribution in [0, 0.1) is 18.8 Å². The Bertz CT molecular complexity index is 556. The van der Waals surface area contributed by atoms with E-state index in [-0.39, 0.29) is 6.09 Å². The minimum absolute atomic E-state index is 0.189. The number of hydrogen-bond acceptors (Lipinski definition) is 5. The second-order valence-electron chi connectivity index (χ2n) is 7.33. The summed E-state index contributed by atoms with van der Waals surface area (Å²) in [5.41, 5.74) is 0.552. The first-order valence-corrected chi connectivity index (χ1v) is 7.83. The van der Waals surface area contributed by atoms with Crippen LogP contribution in [-0.4, -0.2) is 52.7 Å². The number of anilines is 1. The molecule has 2 aliphatic heterocycles. The van der Waals surface area contributed by atoms with Gasteiger partial charge in [-0.15, -0.1) is 0 Å². The summed E-state index contributed by atoms with van der Waals surface area (Å²) in [6, 6.07) is 2.02. The molecule has 0 N–H and O–H groups in total. The van der Waals surface area contributed by atoms with Crippen LogP contribution >= 0.6 is 0 Å². The third kappa shape index (κ3) is 3.15. The van der Waals surface area contributed by atoms with E-state index in [1.165, 1.54) is 0 Å². The molecule has 2 aliphatic rings. The number of hydrogen-bond donors (Lipinski definition) is 0. The van der Waals surface area contributed by atoms with Gasteiger partial charge in [-0.05, 0) is 27.7 Å². The minimum atomic E-state index is -0.431. The molecule has 3 heterocycles. The lowest BCUT2D eigenvalue weighted by Crippen LogP contribution is -2.37. The SMILES string of the molecule is Cc1cc(N2CC3CN(C(=O)OC(C)(C)C)CC3C2)ncn1. The second-order valence-corrected chi connectivity index (χ2v) is 7.33. The lowest BCUT2D eigenvalue weighted by Gasteiger charge is -2.26. The van der Waals surface area contributed by atoms with Crippen molar-refractivity contribution in [2.75, 3.05) is 31.1 Å². The standard InChI is InChI=1S/C16H24N4O2/c1-11-5-14(18-10-17-11)19-6-12-8-20(9-13(12)7-19)15(21)22-16(2,3)4/h5,10,12-13H,6-9H2,1-4H3. The van der Waals surface area contributed by atoms with Gasteiger partial charge in [0.05, 0.1) is 0 Å². The number of nitrogens with zero attached hydrogens (tertiary/aromatic N) is 4. The van der Waals surface area contributed by atoms with Crippen molar-refractivity contribution < 1.29 is 9.53 Å². The van der Waals surface area contributed by atoms with Gasteiger partial charge in [-0.3, -0.25) is 0 Å². The summed E-state index contributed by atoms with van der Waals surface area (Å²) >= 11 is 0. The molecule has 2 atom stereocenters. The van der Waals surface area contributed by atoms with E-state index in [1.807, 2.05) is 38.7 Å². The summed E-state index contributed by atoms with van der Waals surface area (Å²) in [4.78, 5) is 24.8. The maximum Gasteiger partial charge on any atom is 0.410 e. The number of aryl methyl sites for hydroxylation is 1. The Balaban J connectivity index is 1.60. The molecule has 2 saturated heterocycles. The first-order chi connectivity index (χ1) is 10.3. The predicted molar refractivity (Wildman–Crippen MR) is 83.8 cm³/mol. The van der Waals surface area contributed by atoms with E-state index in [0.717, 1.165) is 37.7 Å². The molecule has 3 rings (SSSR count). The van der Waals surface area contributed by atoms with Gasteiger partial charge in [0.1, 0.15) is 17.7 Å². The van der Waals surface area contributed by atoms with Crippen LogP contribution in [0.2, 0.25) is 0 Å². The van der Waals surface area contributed by atoms with Crippen molar-refractivity contribution in [3.63, 3.8) is 0 Å². The van der Waals surface area contributed by atoms with Gasteiger partial charge in [0.15, 0.2) is 0 Å². The van der Waals surface area contributed by atoms with E-state index in [4.69, 9.17) is 4.74 Å². The number of ether oxygens (including phenoxy) is 1. The number of fused-ring (bicyclic) bond motifs is 1. The third-order valence-electron chi connectivity index (χ3n) is 4.25. The largest absolute Gasteiger partial charge is 0.444 e. The zero-order valence-electron chi connectivity index (χ0n) is 13.7. The quantitative estimate of drug-likeness (QED) is 0.795. The summed E-state index contributed by atoms with van der Waals surface area (Å²) in [7, 11) is 0. The average molecular weight is 304 g/mol. The fourth-order valence-electron chi connectivity index (χ4n) is 3.27. The van der Waals surface area contributed by atoms with Crippen LogP contribution in [0.3, 0.4) is 0 Å². The van der Waals surface area contributed by atoms with Gasteiger partial charge in [0.2, 0.25) is 0 Å². The highest BCUT2D eigenvalue weighted by molar-refractivity contribution is 5.68. The number of rotatable bonds is 1. The van der Waals surface area contributed by atoms with Crippen LogP contribution < -0.4 is 4.90 Å². The van der Waals surface area contributed by atoms with Crippen molar-refractivity contribution in [1.29, 1.82) is 0 Å². The molecule has 2 unspecified atom stereocenters. The van der Waals surface area contributed by atoms with E-state index in [0.29, 0.717) is 11.8 Å². The molecule has 1 amide bonds. The Labute approximate surface area is 131 Å². The molecule has 0 saturated carbocycles. The third-order valence-corrected chi connectivity index (χ3v) is 4.25. The van der Waals surface area contributed by atoms with Crippen LogP contribution in [0.15, 0.2) is 12.4 Å². The fraction of sp³-hybridized carbons (Fsp3) is 0.688. The van der Waals surface area contributed by atoms with Crippen molar-refractivity contribution in [3.8, 4) is 0 Å². The molecule has 1 aromatic heterocycles. The molecule has 0 spiro atoms. The topological polar surface area (TPSA) is 58.6 Å². The highest BCUT2D eigenvalue weighted by Gasteiger charge is 2.43. The van der Waals surface area contributed by atoms with Crippen molar-refractivity contribution in [2.24, 2.45) is 11.8 Å². The van der Waals surface area contributed by atoms with Crippen molar-refractivity contribution in [3.05, 3.63) is 18.1 Å². The summed E-state index contributed by atoms with van der Waals surface area (Å²) in [5.74, 6) is 2.00. The molecule has 0 radical (unpaired) electrons. The van der Waals surface area contributed by atoms with Crippen molar-refractivity contribution >= 4 is 11.9 Å². The van der Waals surface area contributed by atoms with Crippen molar-refractivity contribution in [1.82, 2.24) is 14.9 Å². The smallest absolute Gasteiger partial charge is 0.410 e. The van der Waals surface area contributed by atoms with Gasteiger partial charge in [-0.1, -0.05) is 0 Å². The molecule has 1 aromatic rings. The number of likely N-dealkylation sites (tertiary alicyclic amines) is 1. The minimum Gasteiger partial charge on any atom is -0.444 e. The molecular formula is C16H24N4O2. The Morgan fingerprint density at radius 3 is 2.36 bits per heavy atom. The Morgan fingerprint density at radius 1 is 1.18 bits per heavy atom. The van der Waals surface area contributed by atoms with Crippen LogP contribution in [-0.2, 0) is 4.74 Å². The van der Waals surface area contributed by atoms with Gasteiger partial charge in [-0.25, -0.2) is 14.8 Å². The van der Waals surface area contributed by atoms with E-state index in [9.17, 15) is 4.79 Å². The number of carbonyl (C=O) groups excluding carboxylic acids is 1. The first-order valence-electron chi connectivity index (χ1n) is 7.83. The Kier molecular flexibility index (Phi) is 3.70. The molecule has 6 heteroatoms. The van der Waals surface area contributed by atoms with Gasteiger partial charge >= 0.3 is 6.09 Å². The van der Waals surface area contributed by atoms with Crippen LogP contribution in [0.4, 0.5) is 10.6 Å². The van der Waals surface area contributed by atoms with E-state index in [1.54, 1.807) is 6.33 Å². The molecule has 0 aliphatic carbocycles. The average Bonchev–Trinajstić information content (AvgIpc) is 2.94. The summed E-state index contributed by atoms with van der Waals surface area (Å²) < 4.78 is 5.47. The van der Waals surface area contributed by atoms with Crippen LogP contribution in [0.5, 0.6) is 0 Å². The lowest BCUT2D eigenvalue weighted by molar-refractivity contribution is 0.0282. The van der Waals surface area contributed by atoms with E-state index >= 15 is 0 Å². The predicted octanol–water partition coefficient (Wildman–Crippen LogP) is 2.09. The maximum atomic E-state index is 12.2. The van der Waals surface area contributed by atoms with E-state index in [2.05, 4.69) is 14.9 Å². The zero-order chi connectivity index (χ0) is 15.9. The fourth-order valence-corrected chi connectivity index (χ4v) is 3.27.